The predicted octanol–water partition coefficient (Wildman–Crippen LogP) is 3.14. The fraction of sp³-hybridized carbons (Fsp3) is 0.222. The minimum atomic E-state index is 0. The molecular weight excluding hydrogens is 415 g/mol. The zero-order valence-corrected chi connectivity index (χ0v) is 15.6. The highest BCUT2D eigenvalue weighted by Crippen LogP contribution is 2.18. The van der Waals surface area contributed by atoms with Crippen molar-refractivity contribution in [2.24, 2.45) is 10.7 Å². The highest BCUT2D eigenvalue weighted by Gasteiger charge is 2.02. The molecule has 5 nitrogen and oxygen atoms in total. The van der Waals surface area contributed by atoms with Crippen LogP contribution in [-0.2, 0) is 12.8 Å². The van der Waals surface area contributed by atoms with Crippen LogP contribution in [0.3, 0.4) is 0 Å². The Labute approximate surface area is 158 Å². The summed E-state index contributed by atoms with van der Waals surface area (Å²) in [6, 6.07) is 15.9. The molecule has 0 radical (unpaired) electrons. The van der Waals surface area contributed by atoms with Crippen molar-refractivity contribution in [3.8, 4) is 0 Å². The van der Waals surface area contributed by atoms with E-state index in [1.54, 1.807) is 6.20 Å². The van der Waals surface area contributed by atoms with Crippen molar-refractivity contribution >= 4 is 40.9 Å². The molecule has 2 aromatic heterocycles. The van der Waals surface area contributed by atoms with Crippen molar-refractivity contribution in [2.75, 3.05) is 13.1 Å². The third kappa shape index (κ3) is 5.23. The van der Waals surface area contributed by atoms with Gasteiger partial charge >= 0.3 is 0 Å². The van der Waals surface area contributed by atoms with E-state index in [0.717, 1.165) is 41.8 Å². The summed E-state index contributed by atoms with van der Waals surface area (Å²) in [5.74, 6) is 1.38. The number of para-hydroxylation sites is 1. The quantitative estimate of drug-likeness (QED) is 0.354. The van der Waals surface area contributed by atoms with Crippen LogP contribution in [-0.4, -0.2) is 24.0 Å². The van der Waals surface area contributed by atoms with E-state index in [1.807, 2.05) is 42.5 Å². The average Bonchev–Trinajstić information content (AvgIpc) is 2.98. The molecule has 0 saturated heterocycles. The van der Waals surface area contributed by atoms with Crippen LogP contribution in [0.15, 0.2) is 64.1 Å². The lowest BCUT2D eigenvalue weighted by Gasteiger charge is -2.04. The summed E-state index contributed by atoms with van der Waals surface area (Å²) in [5.41, 5.74) is 7.81. The lowest BCUT2D eigenvalue weighted by Crippen LogP contribution is -2.33. The number of aliphatic imine (C=N–C) groups is 1. The summed E-state index contributed by atoms with van der Waals surface area (Å²) in [4.78, 5) is 8.59. The van der Waals surface area contributed by atoms with Gasteiger partial charge < -0.3 is 15.5 Å². The summed E-state index contributed by atoms with van der Waals surface area (Å²) in [6.07, 6.45) is 3.35. The first kappa shape index (κ1) is 18.3. The first-order chi connectivity index (χ1) is 11.3. The van der Waals surface area contributed by atoms with Gasteiger partial charge in [-0.1, -0.05) is 24.3 Å². The van der Waals surface area contributed by atoms with Gasteiger partial charge in [0.1, 0.15) is 11.3 Å². The van der Waals surface area contributed by atoms with Crippen LogP contribution in [0.25, 0.3) is 11.0 Å². The van der Waals surface area contributed by atoms with Gasteiger partial charge in [0.15, 0.2) is 5.96 Å². The molecule has 3 N–H and O–H groups in total. The Kier molecular flexibility index (Phi) is 7.05. The number of aromatic nitrogens is 1. The number of hydrogen-bond donors (Lipinski definition) is 2. The maximum Gasteiger partial charge on any atom is 0.188 e. The number of pyridine rings is 1. The second kappa shape index (κ2) is 9.27. The van der Waals surface area contributed by atoms with Gasteiger partial charge in [0.25, 0.3) is 0 Å². The van der Waals surface area contributed by atoms with E-state index in [4.69, 9.17) is 10.2 Å². The van der Waals surface area contributed by atoms with E-state index in [1.165, 1.54) is 0 Å². The largest absolute Gasteiger partial charge is 0.461 e. The molecule has 3 aromatic rings. The van der Waals surface area contributed by atoms with Crippen molar-refractivity contribution < 1.29 is 4.42 Å². The molecule has 0 atom stereocenters. The fourth-order valence-corrected chi connectivity index (χ4v) is 2.37. The molecule has 0 aliphatic heterocycles. The molecule has 6 heteroatoms. The Morgan fingerprint density at radius 2 is 1.96 bits per heavy atom. The van der Waals surface area contributed by atoms with Gasteiger partial charge in [-0.25, -0.2) is 0 Å². The number of nitrogens with one attached hydrogen (secondary N) is 1. The molecule has 0 bridgehead atoms. The van der Waals surface area contributed by atoms with Crippen LogP contribution < -0.4 is 11.1 Å². The van der Waals surface area contributed by atoms with Gasteiger partial charge in [-0.15, -0.1) is 24.0 Å². The fourth-order valence-electron chi connectivity index (χ4n) is 2.37. The molecular formula is C18H21IN4O. The summed E-state index contributed by atoms with van der Waals surface area (Å²) in [5, 5.41) is 4.22. The predicted molar refractivity (Wildman–Crippen MR) is 108 cm³/mol. The van der Waals surface area contributed by atoms with Crippen LogP contribution in [0.2, 0.25) is 0 Å². The van der Waals surface area contributed by atoms with E-state index in [9.17, 15) is 0 Å². The Morgan fingerprint density at radius 3 is 2.75 bits per heavy atom. The van der Waals surface area contributed by atoms with E-state index < -0.39 is 0 Å². The third-order valence-electron chi connectivity index (χ3n) is 3.53. The van der Waals surface area contributed by atoms with E-state index in [-0.39, 0.29) is 24.0 Å². The number of hydrogen-bond acceptors (Lipinski definition) is 3. The smallest absolute Gasteiger partial charge is 0.188 e. The maximum absolute atomic E-state index is 5.86. The Morgan fingerprint density at radius 1 is 1.12 bits per heavy atom. The minimum Gasteiger partial charge on any atom is -0.461 e. The van der Waals surface area contributed by atoms with Crippen LogP contribution >= 0.6 is 24.0 Å². The highest BCUT2D eigenvalue weighted by atomic mass is 127. The van der Waals surface area contributed by atoms with Gasteiger partial charge in [0.2, 0.25) is 0 Å². The highest BCUT2D eigenvalue weighted by molar-refractivity contribution is 14.0. The van der Waals surface area contributed by atoms with Gasteiger partial charge in [-0.3, -0.25) is 9.98 Å². The molecule has 0 unspecified atom stereocenters. The Hall–Kier alpha value is -2.09. The molecule has 3 rings (SSSR count). The van der Waals surface area contributed by atoms with Crippen molar-refractivity contribution in [2.45, 2.75) is 12.8 Å². The second-order valence-corrected chi connectivity index (χ2v) is 5.27. The summed E-state index contributed by atoms with van der Waals surface area (Å²) >= 11 is 0. The van der Waals surface area contributed by atoms with Crippen molar-refractivity contribution in [1.29, 1.82) is 0 Å². The van der Waals surface area contributed by atoms with Crippen molar-refractivity contribution in [3.63, 3.8) is 0 Å². The molecule has 2 heterocycles. The average molecular weight is 436 g/mol. The minimum absolute atomic E-state index is 0. The number of nitrogens with two attached hydrogens (primary N) is 1. The summed E-state index contributed by atoms with van der Waals surface area (Å²) in [6.45, 7) is 1.32. The topological polar surface area (TPSA) is 76.4 Å². The molecule has 0 fully saturated rings. The second-order valence-electron chi connectivity index (χ2n) is 5.27. The van der Waals surface area contributed by atoms with Gasteiger partial charge in [0, 0.05) is 43.2 Å². The molecule has 126 valence electrons. The molecule has 24 heavy (non-hydrogen) atoms. The SMILES string of the molecule is I.NC(=NCCc1cc2ccccc2o1)NCCc1ccccn1. The standard InChI is InChI=1S/C18H20N4O.HI/c19-18(21-11-8-15-6-3-4-10-20-15)22-12-9-16-13-14-5-1-2-7-17(14)23-16;/h1-7,10,13H,8-9,11-12H2,(H3,19,21,22);1H. The number of nitrogens with zero attached hydrogens (tertiary/aromatic N) is 2. The number of fused-ring (bicyclic) bond motifs is 1. The monoisotopic (exact) mass is 436 g/mol. The lowest BCUT2D eigenvalue weighted by atomic mass is 10.2. The normalized spacial score (nSPS) is 11.2. The van der Waals surface area contributed by atoms with E-state index in [0.29, 0.717) is 12.5 Å². The summed E-state index contributed by atoms with van der Waals surface area (Å²) in [7, 11) is 0. The van der Waals surface area contributed by atoms with Gasteiger partial charge in [-0.05, 0) is 24.3 Å². The van der Waals surface area contributed by atoms with Crippen molar-refractivity contribution in [3.05, 3.63) is 66.2 Å². The van der Waals surface area contributed by atoms with Crippen LogP contribution in [0.5, 0.6) is 0 Å². The number of furan rings is 1. The zero-order valence-electron chi connectivity index (χ0n) is 13.3. The van der Waals surface area contributed by atoms with Crippen LogP contribution in [0.1, 0.15) is 11.5 Å². The number of benzene rings is 1. The van der Waals surface area contributed by atoms with Crippen molar-refractivity contribution in [1.82, 2.24) is 10.3 Å². The first-order valence-corrected chi connectivity index (χ1v) is 7.72. The number of halogens is 1. The van der Waals surface area contributed by atoms with Crippen LogP contribution in [0, 0.1) is 0 Å². The van der Waals surface area contributed by atoms with Gasteiger partial charge in [-0.2, -0.15) is 0 Å². The molecule has 0 saturated carbocycles. The van der Waals surface area contributed by atoms with Gasteiger partial charge in [0.05, 0.1) is 0 Å². The number of rotatable bonds is 6. The number of guanidine groups is 1. The molecule has 0 amide bonds. The zero-order chi connectivity index (χ0) is 15.9. The molecule has 0 aliphatic rings. The lowest BCUT2D eigenvalue weighted by molar-refractivity contribution is 0.550. The summed E-state index contributed by atoms with van der Waals surface area (Å²) < 4.78 is 5.75. The van der Waals surface area contributed by atoms with E-state index in [2.05, 4.69) is 21.4 Å². The molecule has 1 aromatic carbocycles. The Bertz CT molecular complexity index is 753. The van der Waals surface area contributed by atoms with E-state index >= 15 is 0 Å². The third-order valence-corrected chi connectivity index (χ3v) is 3.53. The Balaban J connectivity index is 0.00000208. The first-order valence-electron chi connectivity index (χ1n) is 7.72. The van der Waals surface area contributed by atoms with Crippen LogP contribution in [0.4, 0.5) is 0 Å². The molecule has 0 aliphatic carbocycles. The maximum atomic E-state index is 5.86. The molecule has 0 spiro atoms.